The van der Waals surface area contributed by atoms with Gasteiger partial charge in [-0.25, -0.2) is 18.0 Å². The standard InChI is InChI=1S/C25H26F3N3O3/c1-4-29-14(3)15-7-8-30(11-15)21-10-20-22(13(2)23(21)28)24(32)17(25(33)34)12-31(20)19-6-5-16(26)9-18(19)27/h5-6,9-10,12,14-15,29H,4,7-8,11H2,1-3H3,(H,33,34)/t14-,15+/m1/s1. The Morgan fingerprint density at radius 2 is 1.97 bits per heavy atom. The Hall–Kier alpha value is -3.33. The number of hydrogen-bond acceptors (Lipinski definition) is 4. The van der Waals surface area contributed by atoms with Crippen LogP contribution in [0.4, 0.5) is 18.9 Å². The van der Waals surface area contributed by atoms with Gasteiger partial charge in [-0.05, 0) is 50.9 Å². The maximum Gasteiger partial charge on any atom is 0.341 e. The molecule has 3 aromatic rings. The van der Waals surface area contributed by atoms with Gasteiger partial charge < -0.3 is 19.9 Å². The number of carboxylic acid groups (broad SMARTS) is 1. The number of aryl methyl sites for hydroxylation is 1. The number of carboxylic acids is 1. The van der Waals surface area contributed by atoms with E-state index < -0.39 is 34.4 Å². The number of halogens is 3. The number of rotatable bonds is 6. The number of anilines is 1. The second-order valence-corrected chi connectivity index (χ2v) is 8.71. The van der Waals surface area contributed by atoms with Crippen molar-refractivity contribution in [3.05, 3.63) is 69.3 Å². The van der Waals surface area contributed by atoms with Crippen LogP contribution in [-0.4, -0.2) is 41.3 Å². The van der Waals surface area contributed by atoms with Crippen LogP contribution in [-0.2, 0) is 0 Å². The molecule has 34 heavy (non-hydrogen) atoms. The molecule has 2 aromatic carbocycles. The molecule has 0 unspecified atom stereocenters. The topological polar surface area (TPSA) is 74.6 Å². The lowest BCUT2D eigenvalue weighted by Crippen LogP contribution is -2.35. The van der Waals surface area contributed by atoms with Crippen molar-refractivity contribution in [2.24, 2.45) is 5.92 Å². The van der Waals surface area contributed by atoms with Crippen molar-refractivity contribution < 1.29 is 23.1 Å². The molecule has 2 heterocycles. The molecule has 0 bridgehead atoms. The highest BCUT2D eigenvalue weighted by atomic mass is 19.1. The van der Waals surface area contributed by atoms with Gasteiger partial charge in [-0.15, -0.1) is 0 Å². The first-order valence-corrected chi connectivity index (χ1v) is 11.2. The number of fused-ring (bicyclic) bond motifs is 1. The Kier molecular flexibility index (Phi) is 6.40. The maximum atomic E-state index is 15.6. The first kappa shape index (κ1) is 23.8. The van der Waals surface area contributed by atoms with Gasteiger partial charge in [0, 0.05) is 37.0 Å². The van der Waals surface area contributed by atoms with Gasteiger partial charge in [-0.3, -0.25) is 4.79 Å². The van der Waals surface area contributed by atoms with E-state index in [4.69, 9.17) is 0 Å². The molecule has 1 saturated heterocycles. The van der Waals surface area contributed by atoms with Crippen LogP contribution in [0, 0.1) is 30.3 Å². The van der Waals surface area contributed by atoms with Crippen LogP contribution in [0.5, 0.6) is 0 Å². The number of benzene rings is 2. The largest absolute Gasteiger partial charge is 0.477 e. The number of aromatic carboxylic acids is 1. The fourth-order valence-corrected chi connectivity index (χ4v) is 4.79. The zero-order valence-corrected chi connectivity index (χ0v) is 19.2. The lowest BCUT2D eigenvalue weighted by molar-refractivity contribution is 0.0695. The van der Waals surface area contributed by atoms with Crippen molar-refractivity contribution in [3.63, 3.8) is 0 Å². The van der Waals surface area contributed by atoms with Crippen molar-refractivity contribution in [1.82, 2.24) is 9.88 Å². The number of carbonyl (C=O) groups is 1. The third-order valence-electron chi connectivity index (χ3n) is 6.65. The number of nitrogens with one attached hydrogen (secondary N) is 1. The zero-order valence-electron chi connectivity index (χ0n) is 19.2. The molecule has 9 heteroatoms. The van der Waals surface area contributed by atoms with Gasteiger partial charge in [0.15, 0.2) is 0 Å². The molecule has 0 amide bonds. The number of pyridine rings is 1. The lowest BCUT2D eigenvalue weighted by atomic mass is 10.0. The molecule has 1 aliphatic rings. The summed E-state index contributed by atoms with van der Waals surface area (Å²) in [5.41, 5.74) is -1.24. The molecular formula is C25H26F3N3O3. The molecule has 4 rings (SSSR count). The average Bonchev–Trinajstić information content (AvgIpc) is 3.27. The monoisotopic (exact) mass is 473 g/mol. The summed E-state index contributed by atoms with van der Waals surface area (Å²) in [6, 6.07) is 4.55. The molecule has 1 fully saturated rings. The fourth-order valence-electron chi connectivity index (χ4n) is 4.79. The van der Waals surface area contributed by atoms with Gasteiger partial charge >= 0.3 is 5.97 Å². The Morgan fingerprint density at radius 1 is 1.24 bits per heavy atom. The van der Waals surface area contributed by atoms with E-state index in [0.29, 0.717) is 25.1 Å². The second kappa shape index (κ2) is 9.13. The Bertz CT molecular complexity index is 1340. The Balaban J connectivity index is 1.95. The molecule has 2 atom stereocenters. The highest BCUT2D eigenvalue weighted by molar-refractivity contribution is 5.95. The third-order valence-corrected chi connectivity index (χ3v) is 6.65. The fraction of sp³-hybridized carbons (Fsp3) is 0.360. The summed E-state index contributed by atoms with van der Waals surface area (Å²) in [6.45, 7) is 7.54. The van der Waals surface area contributed by atoms with E-state index in [9.17, 15) is 23.5 Å². The van der Waals surface area contributed by atoms with Gasteiger partial charge in [0.1, 0.15) is 23.0 Å². The van der Waals surface area contributed by atoms with Crippen molar-refractivity contribution in [2.45, 2.75) is 33.2 Å². The van der Waals surface area contributed by atoms with Crippen LogP contribution in [0.2, 0.25) is 0 Å². The summed E-state index contributed by atoms with van der Waals surface area (Å²) < 4.78 is 45.0. The predicted octanol–water partition coefficient (Wildman–Crippen LogP) is 4.24. The first-order valence-electron chi connectivity index (χ1n) is 11.2. The number of nitrogens with zero attached hydrogens (tertiary/aromatic N) is 2. The second-order valence-electron chi connectivity index (χ2n) is 8.71. The van der Waals surface area contributed by atoms with Gasteiger partial charge in [-0.2, -0.15) is 0 Å². The van der Waals surface area contributed by atoms with E-state index >= 15 is 4.39 Å². The van der Waals surface area contributed by atoms with Crippen LogP contribution in [0.15, 0.2) is 35.3 Å². The molecular weight excluding hydrogens is 447 g/mol. The molecule has 1 aliphatic heterocycles. The van der Waals surface area contributed by atoms with Gasteiger partial charge in [0.25, 0.3) is 0 Å². The van der Waals surface area contributed by atoms with E-state index in [1.54, 1.807) is 0 Å². The average molecular weight is 473 g/mol. The SMILES string of the molecule is CCN[C@H](C)[C@H]1CCN(c2cc3c(c(C)c2F)c(=O)c(C(=O)O)cn3-c2ccc(F)cc2F)C1. The third kappa shape index (κ3) is 4.04. The van der Waals surface area contributed by atoms with E-state index in [1.165, 1.54) is 17.6 Å². The minimum atomic E-state index is -1.52. The molecule has 1 aromatic heterocycles. The predicted molar refractivity (Wildman–Crippen MR) is 125 cm³/mol. The molecule has 6 nitrogen and oxygen atoms in total. The quantitative estimate of drug-likeness (QED) is 0.560. The minimum absolute atomic E-state index is 0.0138. The first-order chi connectivity index (χ1) is 16.1. The summed E-state index contributed by atoms with van der Waals surface area (Å²) >= 11 is 0. The van der Waals surface area contributed by atoms with Crippen molar-refractivity contribution in [1.29, 1.82) is 0 Å². The lowest BCUT2D eigenvalue weighted by Gasteiger charge is -2.24. The highest BCUT2D eigenvalue weighted by Gasteiger charge is 2.30. The summed E-state index contributed by atoms with van der Waals surface area (Å²) in [7, 11) is 0. The molecule has 2 N–H and O–H groups in total. The number of aromatic nitrogens is 1. The molecule has 0 saturated carbocycles. The zero-order chi connectivity index (χ0) is 24.7. The summed E-state index contributed by atoms with van der Waals surface area (Å²) in [5, 5.41) is 12.8. The molecule has 0 spiro atoms. The minimum Gasteiger partial charge on any atom is -0.477 e. The van der Waals surface area contributed by atoms with E-state index in [1.807, 2.05) is 11.8 Å². The van der Waals surface area contributed by atoms with Crippen molar-refractivity contribution in [2.75, 3.05) is 24.5 Å². The smallest absolute Gasteiger partial charge is 0.341 e. The van der Waals surface area contributed by atoms with E-state index in [-0.39, 0.29) is 33.9 Å². The van der Waals surface area contributed by atoms with Crippen LogP contribution in [0.1, 0.15) is 36.2 Å². The van der Waals surface area contributed by atoms with Crippen LogP contribution < -0.4 is 15.6 Å². The van der Waals surface area contributed by atoms with Gasteiger partial charge in [0.05, 0.1) is 22.3 Å². The molecule has 0 aliphatic carbocycles. The molecule has 0 radical (unpaired) electrons. The Labute approximate surface area is 194 Å². The van der Waals surface area contributed by atoms with Crippen molar-refractivity contribution in [3.8, 4) is 5.69 Å². The maximum absolute atomic E-state index is 15.6. The van der Waals surface area contributed by atoms with Crippen LogP contribution >= 0.6 is 0 Å². The normalized spacial score (nSPS) is 16.9. The van der Waals surface area contributed by atoms with Gasteiger partial charge in [0.2, 0.25) is 5.43 Å². The van der Waals surface area contributed by atoms with Crippen LogP contribution in [0.3, 0.4) is 0 Å². The number of hydrogen-bond donors (Lipinski definition) is 2. The van der Waals surface area contributed by atoms with Crippen LogP contribution in [0.25, 0.3) is 16.6 Å². The Morgan fingerprint density at radius 3 is 2.62 bits per heavy atom. The molecule has 180 valence electrons. The summed E-state index contributed by atoms with van der Waals surface area (Å²) in [5.74, 6) is -3.58. The highest BCUT2D eigenvalue weighted by Crippen LogP contribution is 2.34. The van der Waals surface area contributed by atoms with E-state index in [2.05, 4.69) is 12.2 Å². The van der Waals surface area contributed by atoms with Crippen molar-refractivity contribution >= 4 is 22.6 Å². The summed E-state index contributed by atoms with van der Waals surface area (Å²) in [4.78, 5) is 26.6. The van der Waals surface area contributed by atoms with E-state index in [0.717, 1.165) is 31.3 Å². The summed E-state index contributed by atoms with van der Waals surface area (Å²) in [6.07, 6.45) is 1.85. The van der Waals surface area contributed by atoms with Gasteiger partial charge in [-0.1, -0.05) is 6.92 Å².